The van der Waals surface area contributed by atoms with Crippen molar-refractivity contribution in [3.63, 3.8) is 0 Å². The number of benzene rings is 2. The van der Waals surface area contributed by atoms with Crippen molar-refractivity contribution in [2.24, 2.45) is 10.9 Å². The predicted octanol–water partition coefficient (Wildman–Crippen LogP) is 3.48. The van der Waals surface area contributed by atoms with E-state index in [1.54, 1.807) is 6.08 Å². The van der Waals surface area contributed by atoms with Gasteiger partial charge in [-0.2, -0.15) is 0 Å². The lowest BCUT2D eigenvalue weighted by Crippen LogP contribution is -2.41. The SMILES string of the molecule is C=CCOc1cccc(C2NC(=S)N=C3c4ccccc4C(=O)C32)c1. The first-order chi connectivity index (χ1) is 12.2. The summed E-state index contributed by atoms with van der Waals surface area (Å²) in [6, 6.07) is 15.0. The van der Waals surface area contributed by atoms with E-state index < -0.39 is 0 Å². The molecule has 0 aromatic heterocycles. The number of ether oxygens (including phenoxy) is 1. The lowest BCUT2D eigenvalue weighted by molar-refractivity contribution is 0.0944. The van der Waals surface area contributed by atoms with Crippen LogP contribution in [0.2, 0.25) is 0 Å². The lowest BCUT2D eigenvalue weighted by Gasteiger charge is -2.29. The molecule has 0 fully saturated rings. The summed E-state index contributed by atoms with van der Waals surface area (Å²) in [7, 11) is 0. The van der Waals surface area contributed by atoms with Gasteiger partial charge in [-0.25, -0.2) is 4.99 Å². The number of thiocarbonyl (C=S) groups is 1. The molecule has 2 aromatic carbocycles. The summed E-state index contributed by atoms with van der Waals surface area (Å²) < 4.78 is 5.62. The quantitative estimate of drug-likeness (QED) is 0.679. The Kier molecular flexibility index (Phi) is 3.93. The zero-order chi connectivity index (χ0) is 17.4. The van der Waals surface area contributed by atoms with Crippen molar-refractivity contribution in [3.05, 3.63) is 77.9 Å². The van der Waals surface area contributed by atoms with Gasteiger partial charge in [0.15, 0.2) is 10.9 Å². The zero-order valence-corrected chi connectivity index (χ0v) is 14.3. The zero-order valence-electron chi connectivity index (χ0n) is 13.4. The van der Waals surface area contributed by atoms with E-state index in [-0.39, 0.29) is 17.7 Å². The molecule has 0 radical (unpaired) electrons. The second-order valence-electron chi connectivity index (χ2n) is 5.98. The molecule has 1 aliphatic carbocycles. The van der Waals surface area contributed by atoms with Crippen molar-refractivity contribution in [3.8, 4) is 5.75 Å². The number of Topliss-reactive ketones (excluding diaryl/α,β-unsaturated/α-hetero) is 1. The van der Waals surface area contributed by atoms with E-state index in [1.807, 2.05) is 48.5 Å². The number of aliphatic imine (C=N–C) groups is 1. The van der Waals surface area contributed by atoms with Crippen LogP contribution in [0.5, 0.6) is 5.75 Å². The molecule has 2 atom stereocenters. The molecule has 0 spiro atoms. The van der Waals surface area contributed by atoms with Gasteiger partial charge in [-0.05, 0) is 29.9 Å². The number of fused-ring (bicyclic) bond motifs is 3. The smallest absolute Gasteiger partial charge is 0.193 e. The molecule has 0 bridgehead atoms. The van der Waals surface area contributed by atoms with Crippen LogP contribution in [0.1, 0.15) is 27.5 Å². The van der Waals surface area contributed by atoms with Crippen molar-refractivity contribution >= 4 is 28.8 Å². The lowest BCUT2D eigenvalue weighted by atomic mass is 9.87. The average molecular weight is 348 g/mol. The molecule has 1 heterocycles. The van der Waals surface area contributed by atoms with Crippen molar-refractivity contribution in [1.82, 2.24) is 5.32 Å². The fourth-order valence-corrected chi connectivity index (χ4v) is 3.63. The number of carbonyl (C=O) groups is 1. The van der Waals surface area contributed by atoms with Crippen LogP contribution < -0.4 is 10.1 Å². The number of hydrogen-bond donors (Lipinski definition) is 1. The average Bonchev–Trinajstić information content (AvgIpc) is 2.92. The number of ketones is 1. The van der Waals surface area contributed by atoms with E-state index >= 15 is 0 Å². The fourth-order valence-electron chi connectivity index (χ4n) is 3.41. The van der Waals surface area contributed by atoms with E-state index in [0.717, 1.165) is 22.6 Å². The van der Waals surface area contributed by atoms with E-state index in [9.17, 15) is 4.79 Å². The van der Waals surface area contributed by atoms with Crippen LogP contribution in [0.25, 0.3) is 0 Å². The largest absolute Gasteiger partial charge is 0.490 e. The van der Waals surface area contributed by atoms with Gasteiger partial charge >= 0.3 is 0 Å². The minimum atomic E-state index is -0.376. The Morgan fingerprint density at radius 3 is 2.80 bits per heavy atom. The summed E-state index contributed by atoms with van der Waals surface area (Å²) >= 11 is 5.32. The van der Waals surface area contributed by atoms with Gasteiger partial charge in [-0.3, -0.25) is 4.79 Å². The third-order valence-corrected chi connectivity index (χ3v) is 4.67. The normalized spacial score (nSPS) is 21.0. The van der Waals surface area contributed by atoms with Gasteiger partial charge in [-0.1, -0.05) is 49.1 Å². The van der Waals surface area contributed by atoms with Crippen LogP contribution in [0, 0.1) is 5.92 Å². The molecular formula is C20H16N2O2S. The Hall–Kier alpha value is -2.79. The Balaban J connectivity index is 1.75. The Morgan fingerprint density at radius 1 is 1.20 bits per heavy atom. The van der Waals surface area contributed by atoms with Gasteiger partial charge in [-0.15, -0.1) is 0 Å². The van der Waals surface area contributed by atoms with Crippen LogP contribution >= 0.6 is 12.2 Å². The molecule has 0 saturated heterocycles. The Bertz CT molecular complexity index is 919. The molecule has 1 aliphatic heterocycles. The van der Waals surface area contributed by atoms with Gasteiger partial charge in [0.1, 0.15) is 12.4 Å². The fraction of sp³-hybridized carbons (Fsp3) is 0.150. The highest BCUT2D eigenvalue weighted by Gasteiger charge is 2.44. The first kappa shape index (κ1) is 15.7. The monoisotopic (exact) mass is 348 g/mol. The number of carbonyl (C=O) groups excluding carboxylic acids is 1. The van der Waals surface area contributed by atoms with Gasteiger partial charge < -0.3 is 10.1 Å². The van der Waals surface area contributed by atoms with Crippen LogP contribution in [-0.4, -0.2) is 23.2 Å². The predicted molar refractivity (Wildman–Crippen MR) is 101 cm³/mol. The van der Waals surface area contributed by atoms with Crippen molar-refractivity contribution < 1.29 is 9.53 Å². The highest BCUT2D eigenvalue weighted by Crippen LogP contribution is 2.38. The minimum Gasteiger partial charge on any atom is -0.490 e. The van der Waals surface area contributed by atoms with Crippen molar-refractivity contribution in [1.29, 1.82) is 0 Å². The third-order valence-electron chi connectivity index (χ3n) is 4.46. The maximum Gasteiger partial charge on any atom is 0.193 e. The minimum absolute atomic E-state index is 0.0757. The maximum absolute atomic E-state index is 13.0. The van der Waals surface area contributed by atoms with Crippen LogP contribution in [0.3, 0.4) is 0 Å². The second-order valence-corrected chi connectivity index (χ2v) is 6.37. The Morgan fingerprint density at radius 2 is 2.00 bits per heavy atom. The van der Waals surface area contributed by atoms with Crippen molar-refractivity contribution in [2.45, 2.75) is 6.04 Å². The summed E-state index contributed by atoms with van der Waals surface area (Å²) in [4.78, 5) is 17.4. The maximum atomic E-state index is 13.0. The highest BCUT2D eigenvalue weighted by molar-refractivity contribution is 7.80. The molecule has 5 heteroatoms. The third kappa shape index (κ3) is 2.66. The van der Waals surface area contributed by atoms with Gasteiger partial charge in [0.05, 0.1) is 17.7 Å². The molecule has 25 heavy (non-hydrogen) atoms. The molecule has 2 aromatic rings. The molecule has 4 nitrogen and oxygen atoms in total. The number of rotatable bonds is 4. The van der Waals surface area contributed by atoms with E-state index in [1.165, 1.54) is 0 Å². The number of nitrogens with zero attached hydrogens (tertiary/aromatic N) is 1. The van der Waals surface area contributed by atoms with Crippen LogP contribution in [0.15, 0.2) is 66.2 Å². The van der Waals surface area contributed by atoms with E-state index in [0.29, 0.717) is 17.3 Å². The standard InChI is InChI=1S/C20H16N2O2S/c1-2-10-24-13-7-5-6-12(11-13)17-16-18(22-20(25)21-17)14-8-3-4-9-15(14)19(16)23/h2-9,11,16-17H,1,10H2,(H,21,25). The highest BCUT2D eigenvalue weighted by atomic mass is 32.1. The molecule has 1 N–H and O–H groups in total. The van der Waals surface area contributed by atoms with Crippen molar-refractivity contribution in [2.75, 3.05) is 6.61 Å². The molecule has 0 amide bonds. The number of nitrogens with one attached hydrogen (secondary N) is 1. The van der Waals surface area contributed by atoms with Gasteiger partial charge in [0, 0.05) is 11.1 Å². The topological polar surface area (TPSA) is 50.7 Å². The molecule has 2 aliphatic rings. The molecule has 124 valence electrons. The molecular weight excluding hydrogens is 332 g/mol. The van der Waals surface area contributed by atoms with E-state index in [4.69, 9.17) is 17.0 Å². The summed E-state index contributed by atoms with van der Waals surface area (Å²) in [5.41, 5.74) is 3.29. The molecule has 0 saturated carbocycles. The Labute approximate surface area is 151 Å². The van der Waals surface area contributed by atoms with E-state index in [2.05, 4.69) is 16.9 Å². The second kappa shape index (κ2) is 6.26. The first-order valence-electron chi connectivity index (χ1n) is 8.05. The van der Waals surface area contributed by atoms with Gasteiger partial charge in [0.2, 0.25) is 0 Å². The van der Waals surface area contributed by atoms with Crippen LogP contribution in [0.4, 0.5) is 0 Å². The van der Waals surface area contributed by atoms with Gasteiger partial charge in [0.25, 0.3) is 0 Å². The summed E-state index contributed by atoms with van der Waals surface area (Å²) in [5, 5.41) is 3.60. The summed E-state index contributed by atoms with van der Waals surface area (Å²) in [6.07, 6.45) is 1.70. The van der Waals surface area contributed by atoms with Crippen LogP contribution in [-0.2, 0) is 0 Å². The first-order valence-corrected chi connectivity index (χ1v) is 8.46. The molecule has 2 unspecified atom stereocenters. The summed E-state index contributed by atoms with van der Waals surface area (Å²) in [5.74, 6) is 0.433. The summed E-state index contributed by atoms with van der Waals surface area (Å²) in [6.45, 7) is 4.09. The number of hydrogen-bond acceptors (Lipinski definition) is 3. The molecule has 4 rings (SSSR count).